The largest absolute Gasteiger partial charge is 0.496 e. The van der Waals surface area contributed by atoms with Crippen molar-refractivity contribution < 1.29 is 14.3 Å². The topological polar surface area (TPSA) is 66.2 Å². The van der Waals surface area contributed by atoms with Crippen molar-refractivity contribution in [2.75, 3.05) is 12.9 Å². The van der Waals surface area contributed by atoms with Gasteiger partial charge in [0.1, 0.15) is 5.75 Å². The maximum Gasteiger partial charge on any atom is 0.316 e. The molecule has 0 aliphatic rings. The number of thioether (sulfide) groups is 1. The molecule has 1 aromatic carbocycles. The molecule has 24 heavy (non-hydrogen) atoms. The summed E-state index contributed by atoms with van der Waals surface area (Å²) in [5.41, 5.74) is 0.839. The van der Waals surface area contributed by atoms with Crippen molar-refractivity contribution in [2.24, 2.45) is 0 Å². The summed E-state index contributed by atoms with van der Waals surface area (Å²) >= 11 is 1.29. The van der Waals surface area contributed by atoms with Gasteiger partial charge in [0.15, 0.2) is 11.0 Å². The fourth-order valence-corrected chi connectivity index (χ4v) is 2.87. The third-order valence-corrected chi connectivity index (χ3v) is 4.00. The van der Waals surface area contributed by atoms with E-state index in [1.807, 2.05) is 42.7 Å². The van der Waals surface area contributed by atoms with E-state index < -0.39 is 0 Å². The summed E-state index contributed by atoms with van der Waals surface area (Å²) < 4.78 is 12.4. The second-order valence-corrected chi connectivity index (χ2v) is 6.18. The lowest BCUT2D eigenvalue weighted by molar-refractivity contribution is -0.144. The first kappa shape index (κ1) is 18.1. The van der Waals surface area contributed by atoms with Gasteiger partial charge in [0.2, 0.25) is 0 Å². The van der Waals surface area contributed by atoms with E-state index in [4.69, 9.17) is 9.47 Å². The van der Waals surface area contributed by atoms with Gasteiger partial charge in [0, 0.05) is 6.54 Å². The Hall–Kier alpha value is -2.28. The first-order valence-electron chi connectivity index (χ1n) is 7.56. The maximum atomic E-state index is 11.7. The number of rotatable bonds is 8. The number of allylic oxidation sites excluding steroid dienone is 1. The van der Waals surface area contributed by atoms with Gasteiger partial charge in [-0.2, -0.15) is 0 Å². The van der Waals surface area contributed by atoms with Crippen LogP contribution in [0.2, 0.25) is 0 Å². The predicted molar refractivity (Wildman–Crippen MR) is 94.2 cm³/mol. The number of benzene rings is 1. The van der Waals surface area contributed by atoms with Crippen molar-refractivity contribution in [3.8, 4) is 17.1 Å². The van der Waals surface area contributed by atoms with Gasteiger partial charge in [0.25, 0.3) is 0 Å². The van der Waals surface area contributed by atoms with Crippen molar-refractivity contribution in [1.29, 1.82) is 0 Å². The average Bonchev–Trinajstić information content (AvgIpc) is 2.95. The number of methoxy groups -OCH3 is 1. The SMILES string of the molecule is C=CCn1c(SCC(=O)OC(C)C)nnc1-c1ccccc1OC. The minimum atomic E-state index is -0.276. The standard InChI is InChI=1S/C17H21N3O3S/c1-5-10-20-16(13-8-6-7-9-14(13)22-4)18-19-17(20)24-11-15(21)23-12(2)3/h5-9,12H,1,10-11H2,2-4H3. The predicted octanol–water partition coefficient (Wildman–Crippen LogP) is 3.18. The molecule has 128 valence electrons. The Morgan fingerprint density at radius 1 is 1.38 bits per heavy atom. The van der Waals surface area contributed by atoms with Crippen molar-refractivity contribution >= 4 is 17.7 Å². The van der Waals surface area contributed by atoms with Crippen LogP contribution in [0.1, 0.15) is 13.8 Å². The third kappa shape index (κ3) is 4.38. The number of para-hydroxylation sites is 1. The van der Waals surface area contributed by atoms with Gasteiger partial charge in [-0.25, -0.2) is 0 Å². The lowest BCUT2D eigenvalue weighted by Crippen LogP contribution is -2.13. The quantitative estimate of drug-likeness (QED) is 0.415. The van der Waals surface area contributed by atoms with E-state index in [-0.39, 0.29) is 17.8 Å². The number of ether oxygens (including phenoxy) is 2. The van der Waals surface area contributed by atoms with Gasteiger partial charge in [-0.1, -0.05) is 30.0 Å². The van der Waals surface area contributed by atoms with Crippen LogP contribution in [0.25, 0.3) is 11.4 Å². The zero-order valence-electron chi connectivity index (χ0n) is 14.1. The highest BCUT2D eigenvalue weighted by molar-refractivity contribution is 7.99. The van der Waals surface area contributed by atoms with Crippen LogP contribution >= 0.6 is 11.8 Å². The molecule has 1 aromatic heterocycles. The van der Waals surface area contributed by atoms with Crippen LogP contribution in [-0.4, -0.2) is 39.7 Å². The van der Waals surface area contributed by atoms with Crippen molar-refractivity contribution in [2.45, 2.75) is 31.7 Å². The molecule has 0 saturated carbocycles. The van der Waals surface area contributed by atoms with E-state index in [2.05, 4.69) is 16.8 Å². The Labute approximate surface area is 145 Å². The highest BCUT2D eigenvalue weighted by Crippen LogP contribution is 2.30. The summed E-state index contributed by atoms with van der Waals surface area (Å²) in [7, 11) is 1.62. The molecule has 0 saturated heterocycles. The van der Waals surface area contributed by atoms with Gasteiger partial charge in [-0.05, 0) is 26.0 Å². The van der Waals surface area contributed by atoms with Crippen LogP contribution in [0.3, 0.4) is 0 Å². The van der Waals surface area contributed by atoms with E-state index in [0.29, 0.717) is 23.3 Å². The maximum absolute atomic E-state index is 11.7. The summed E-state index contributed by atoms with van der Waals surface area (Å²) in [5.74, 6) is 1.29. The Morgan fingerprint density at radius 2 is 2.12 bits per heavy atom. The number of nitrogens with zero attached hydrogens (tertiary/aromatic N) is 3. The van der Waals surface area contributed by atoms with Crippen LogP contribution in [0.5, 0.6) is 5.75 Å². The van der Waals surface area contributed by atoms with Gasteiger partial charge in [-0.3, -0.25) is 9.36 Å². The van der Waals surface area contributed by atoms with Crippen molar-refractivity contribution in [1.82, 2.24) is 14.8 Å². The van der Waals surface area contributed by atoms with Crippen molar-refractivity contribution in [3.05, 3.63) is 36.9 Å². The van der Waals surface area contributed by atoms with Crippen LogP contribution in [0.4, 0.5) is 0 Å². The van der Waals surface area contributed by atoms with E-state index >= 15 is 0 Å². The molecule has 2 rings (SSSR count). The van der Waals surface area contributed by atoms with E-state index in [1.165, 1.54) is 11.8 Å². The minimum Gasteiger partial charge on any atom is -0.496 e. The second-order valence-electron chi connectivity index (χ2n) is 5.23. The smallest absolute Gasteiger partial charge is 0.316 e. The molecular weight excluding hydrogens is 326 g/mol. The molecule has 0 spiro atoms. The average molecular weight is 347 g/mol. The van der Waals surface area contributed by atoms with Crippen molar-refractivity contribution in [3.63, 3.8) is 0 Å². The molecular formula is C17H21N3O3S. The van der Waals surface area contributed by atoms with Crippen LogP contribution in [-0.2, 0) is 16.1 Å². The number of aromatic nitrogens is 3. The normalized spacial score (nSPS) is 10.7. The summed E-state index contributed by atoms with van der Waals surface area (Å²) in [6, 6.07) is 7.60. The number of esters is 1. The van der Waals surface area contributed by atoms with E-state index in [0.717, 1.165) is 5.56 Å². The fraction of sp³-hybridized carbons (Fsp3) is 0.353. The van der Waals surface area contributed by atoms with E-state index in [9.17, 15) is 4.79 Å². The Bertz CT molecular complexity index is 713. The van der Waals surface area contributed by atoms with Crippen LogP contribution in [0.15, 0.2) is 42.1 Å². The molecule has 0 aliphatic carbocycles. The molecule has 0 unspecified atom stereocenters. The van der Waals surface area contributed by atoms with Gasteiger partial charge in [0.05, 0.1) is 24.5 Å². The number of hydrogen-bond donors (Lipinski definition) is 0. The summed E-state index contributed by atoms with van der Waals surface area (Å²) in [6.45, 7) is 7.95. The molecule has 1 heterocycles. The number of carbonyl (C=O) groups excluding carboxylic acids is 1. The van der Waals surface area contributed by atoms with E-state index in [1.54, 1.807) is 13.2 Å². The molecule has 0 fully saturated rings. The summed E-state index contributed by atoms with van der Waals surface area (Å²) in [4.78, 5) is 11.7. The Kier molecular flexibility index (Phi) is 6.43. The molecule has 0 N–H and O–H groups in total. The molecule has 6 nitrogen and oxygen atoms in total. The molecule has 2 aromatic rings. The zero-order valence-corrected chi connectivity index (χ0v) is 14.9. The monoisotopic (exact) mass is 347 g/mol. The third-order valence-electron chi connectivity index (χ3n) is 3.06. The molecule has 0 bridgehead atoms. The van der Waals surface area contributed by atoms with Gasteiger partial charge in [-0.15, -0.1) is 16.8 Å². The summed E-state index contributed by atoms with van der Waals surface area (Å²) in [5, 5.41) is 9.10. The summed E-state index contributed by atoms with van der Waals surface area (Å²) in [6.07, 6.45) is 1.63. The minimum absolute atomic E-state index is 0.131. The lowest BCUT2D eigenvalue weighted by Gasteiger charge is -2.11. The molecule has 0 aliphatic heterocycles. The fourth-order valence-electron chi connectivity index (χ4n) is 2.14. The highest BCUT2D eigenvalue weighted by Gasteiger charge is 2.18. The zero-order chi connectivity index (χ0) is 17.5. The van der Waals surface area contributed by atoms with Gasteiger partial charge < -0.3 is 9.47 Å². The Balaban J connectivity index is 2.27. The number of hydrogen-bond acceptors (Lipinski definition) is 6. The van der Waals surface area contributed by atoms with Gasteiger partial charge >= 0.3 is 5.97 Å². The molecule has 7 heteroatoms. The lowest BCUT2D eigenvalue weighted by atomic mass is 10.2. The second kappa shape index (κ2) is 8.54. The van der Waals surface area contributed by atoms with Crippen LogP contribution in [0, 0.1) is 0 Å². The Morgan fingerprint density at radius 3 is 2.79 bits per heavy atom. The molecule has 0 atom stereocenters. The highest BCUT2D eigenvalue weighted by atomic mass is 32.2. The molecule has 0 radical (unpaired) electrons. The number of carbonyl (C=O) groups is 1. The van der Waals surface area contributed by atoms with Crippen LogP contribution < -0.4 is 4.74 Å². The first-order chi connectivity index (χ1) is 11.6. The molecule has 0 amide bonds. The first-order valence-corrected chi connectivity index (χ1v) is 8.55.